The van der Waals surface area contributed by atoms with Gasteiger partial charge in [-0.2, -0.15) is 23.1 Å². The highest BCUT2D eigenvalue weighted by Crippen LogP contribution is 2.37. The molecule has 5 heterocycles. The molecule has 7 rings (SSSR count). The molecule has 2 aromatic heterocycles. The Hall–Kier alpha value is -4.80. The van der Waals surface area contributed by atoms with Gasteiger partial charge in [0.25, 0.3) is 5.91 Å². The lowest BCUT2D eigenvalue weighted by Crippen LogP contribution is -2.44. The molecule has 4 aromatic rings. The van der Waals surface area contributed by atoms with E-state index in [0.717, 1.165) is 43.5 Å². The number of imidazole rings is 1. The number of halogens is 3. The molecule has 3 aliphatic rings. The molecule has 0 aliphatic carbocycles. The summed E-state index contributed by atoms with van der Waals surface area (Å²) < 4.78 is 52.2. The Morgan fingerprint density at radius 1 is 1.02 bits per heavy atom. The number of carbonyl (C=O) groups is 2. The van der Waals surface area contributed by atoms with Crippen molar-refractivity contribution in [2.75, 3.05) is 49.5 Å². The van der Waals surface area contributed by atoms with Gasteiger partial charge in [-0.1, -0.05) is 60.7 Å². The number of nitrogens with zero attached hydrogens (tertiary/aromatic N) is 6. The maximum atomic E-state index is 13.4. The third kappa shape index (κ3) is 7.27. The number of alkyl halides is 3. The smallest absolute Gasteiger partial charge is 0.448 e. The second-order valence-electron chi connectivity index (χ2n) is 13.3. The molecule has 0 unspecified atom stereocenters. The van der Waals surface area contributed by atoms with Crippen LogP contribution in [0.4, 0.5) is 24.9 Å². The number of esters is 1. The Bertz CT molecular complexity index is 1820. The zero-order valence-electron chi connectivity index (χ0n) is 28.6. The number of ether oxygens (including phenoxy) is 2. The number of benzene rings is 2. The Labute approximate surface area is 298 Å². The van der Waals surface area contributed by atoms with Crippen molar-refractivity contribution < 1.29 is 37.3 Å². The average Bonchev–Trinajstić information content (AvgIpc) is 3.96. The fraction of sp³-hybridized carbons (Fsp3) is 0.472. The topological polar surface area (TPSA) is 147 Å². The van der Waals surface area contributed by atoms with Crippen LogP contribution in [-0.4, -0.2) is 111 Å². The van der Waals surface area contributed by atoms with Crippen LogP contribution in [0, 0.1) is 0 Å². The molecule has 276 valence electrons. The van der Waals surface area contributed by atoms with Crippen LogP contribution in [0.2, 0.25) is 0 Å². The number of likely N-dealkylation sites (N-methyl/N-ethyl adjacent to an activating group) is 1. The molecule has 0 saturated carbocycles. The first-order chi connectivity index (χ1) is 25.1. The molecular formula is C36H41F3N8O5. The van der Waals surface area contributed by atoms with Gasteiger partial charge in [-0.05, 0) is 50.4 Å². The standard InChI is InChI=1S/C36H41F3N8O5/c1-2-40-32(49)28-27(48)29(52-34(50)36(37,38)39)33(51-28)47-21-42-26-30(41-19-25(22-11-5-3-6-12-22)23-13-7-4-8-14-23)43-35(44-31(26)47)46-18-15-24(20-46)45-16-9-10-17-45/h3-8,11-14,21,24-25,27-29,33,48H,2,9-10,15-20H2,1H3,(H,40,49)(H,41,43,44)/t24-,27-,28+,29-,33-/m1/s1. The second kappa shape index (κ2) is 15.0. The number of aromatic nitrogens is 4. The lowest BCUT2D eigenvalue weighted by molar-refractivity contribution is -0.211. The summed E-state index contributed by atoms with van der Waals surface area (Å²) in [4.78, 5) is 43.8. The highest BCUT2D eigenvalue weighted by molar-refractivity contribution is 5.85. The predicted molar refractivity (Wildman–Crippen MR) is 185 cm³/mol. The first-order valence-corrected chi connectivity index (χ1v) is 17.6. The van der Waals surface area contributed by atoms with E-state index in [2.05, 4.69) is 25.4 Å². The van der Waals surface area contributed by atoms with Gasteiger partial charge in [-0.15, -0.1) is 0 Å². The molecule has 52 heavy (non-hydrogen) atoms. The fourth-order valence-electron chi connectivity index (χ4n) is 7.36. The number of fused-ring (bicyclic) bond motifs is 1. The number of rotatable bonds is 11. The van der Waals surface area contributed by atoms with Gasteiger partial charge < -0.3 is 30.1 Å². The summed E-state index contributed by atoms with van der Waals surface area (Å²) >= 11 is 0. The maximum absolute atomic E-state index is 13.4. The van der Waals surface area contributed by atoms with Gasteiger partial charge in [0, 0.05) is 38.1 Å². The minimum atomic E-state index is -5.35. The summed E-state index contributed by atoms with van der Waals surface area (Å²) in [5, 5.41) is 17.0. The monoisotopic (exact) mass is 722 g/mol. The molecule has 3 fully saturated rings. The summed E-state index contributed by atoms with van der Waals surface area (Å²) in [6.07, 6.45) is -7.90. The van der Waals surface area contributed by atoms with E-state index in [0.29, 0.717) is 37.4 Å². The normalized spacial score (nSPS) is 23.8. The molecule has 2 aromatic carbocycles. The zero-order chi connectivity index (χ0) is 36.4. The molecule has 3 N–H and O–H groups in total. The Kier molecular flexibility index (Phi) is 10.3. The number of likely N-dealkylation sites (tertiary alicyclic amines) is 1. The van der Waals surface area contributed by atoms with Gasteiger partial charge in [-0.25, -0.2) is 9.78 Å². The number of hydrogen-bond acceptors (Lipinski definition) is 11. The third-order valence-corrected chi connectivity index (χ3v) is 9.96. The lowest BCUT2D eigenvalue weighted by atomic mass is 9.91. The van der Waals surface area contributed by atoms with Crippen LogP contribution in [0.25, 0.3) is 11.2 Å². The summed E-state index contributed by atoms with van der Waals surface area (Å²) in [5.41, 5.74) is 2.59. The van der Waals surface area contributed by atoms with Crippen LogP contribution in [-0.2, 0) is 19.1 Å². The third-order valence-electron chi connectivity index (χ3n) is 9.96. The second-order valence-corrected chi connectivity index (χ2v) is 13.3. The minimum absolute atomic E-state index is 0.0819. The van der Waals surface area contributed by atoms with E-state index < -0.39 is 42.6 Å². The maximum Gasteiger partial charge on any atom is 0.490 e. The van der Waals surface area contributed by atoms with Gasteiger partial charge >= 0.3 is 12.1 Å². The highest BCUT2D eigenvalue weighted by Gasteiger charge is 2.54. The van der Waals surface area contributed by atoms with Gasteiger partial charge in [0.05, 0.1) is 6.33 Å². The van der Waals surface area contributed by atoms with Crippen LogP contribution in [0.5, 0.6) is 0 Å². The summed E-state index contributed by atoms with van der Waals surface area (Å²) in [6, 6.07) is 20.3. The molecule has 3 saturated heterocycles. The van der Waals surface area contributed by atoms with Crippen LogP contribution < -0.4 is 15.5 Å². The van der Waals surface area contributed by atoms with Crippen LogP contribution in [0.15, 0.2) is 67.0 Å². The van der Waals surface area contributed by atoms with E-state index in [1.807, 2.05) is 60.7 Å². The van der Waals surface area contributed by atoms with Crippen molar-refractivity contribution in [3.63, 3.8) is 0 Å². The molecule has 0 bridgehead atoms. The van der Waals surface area contributed by atoms with Crippen LogP contribution in [0.3, 0.4) is 0 Å². The molecule has 3 aliphatic heterocycles. The van der Waals surface area contributed by atoms with Gasteiger partial charge in [0.15, 0.2) is 35.4 Å². The molecular weight excluding hydrogens is 681 g/mol. The number of anilines is 2. The molecule has 0 spiro atoms. The van der Waals surface area contributed by atoms with Crippen molar-refractivity contribution in [2.45, 2.75) is 68.9 Å². The van der Waals surface area contributed by atoms with E-state index in [-0.39, 0.29) is 23.6 Å². The van der Waals surface area contributed by atoms with Crippen molar-refractivity contribution in [1.29, 1.82) is 0 Å². The van der Waals surface area contributed by atoms with Crippen molar-refractivity contribution in [1.82, 2.24) is 29.7 Å². The van der Waals surface area contributed by atoms with Crippen molar-refractivity contribution >= 4 is 34.8 Å². The largest absolute Gasteiger partial charge is 0.490 e. The van der Waals surface area contributed by atoms with Crippen LogP contribution >= 0.6 is 0 Å². The van der Waals surface area contributed by atoms with E-state index in [1.54, 1.807) is 6.92 Å². The summed E-state index contributed by atoms with van der Waals surface area (Å²) in [6.45, 7) is 5.65. The molecule has 13 nitrogen and oxygen atoms in total. The molecule has 16 heteroatoms. The number of carbonyl (C=O) groups excluding carboxylic acids is 2. The van der Waals surface area contributed by atoms with Crippen molar-refractivity contribution in [3.05, 3.63) is 78.1 Å². The number of aliphatic hydroxyl groups is 1. The van der Waals surface area contributed by atoms with Crippen molar-refractivity contribution in [3.8, 4) is 0 Å². The molecule has 0 radical (unpaired) electrons. The van der Waals surface area contributed by atoms with Crippen molar-refractivity contribution in [2.24, 2.45) is 0 Å². The van der Waals surface area contributed by atoms with Gasteiger partial charge in [0.1, 0.15) is 6.10 Å². The van der Waals surface area contributed by atoms with Crippen LogP contribution in [0.1, 0.15) is 49.5 Å². The minimum Gasteiger partial charge on any atom is -0.448 e. The Balaban J connectivity index is 1.28. The fourth-order valence-corrected chi connectivity index (χ4v) is 7.36. The zero-order valence-corrected chi connectivity index (χ0v) is 28.6. The number of hydrogen-bond donors (Lipinski definition) is 3. The average molecular weight is 723 g/mol. The van der Waals surface area contributed by atoms with Gasteiger partial charge in [-0.3, -0.25) is 14.3 Å². The quantitative estimate of drug-likeness (QED) is 0.195. The van der Waals surface area contributed by atoms with E-state index in [1.165, 1.54) is 10.9 Å². The first-order valence-electron chi connectivity index (χ1n) is 17.6. The Morgan fingerprint density at radius 3 is 2.33 bits per heavy atom. The van der Waals surface area contributed by atoms with Gasteiger partial charge in [0.2, 0.25) is 5.95 Å². The lowest BCUT2D eigenvalue weighted by Gasteiger charge is -2.25. The summed E-state index contributed by atoms with van der Waals surface area (Å²) in [7, 11) is 0. The number of nitrogens with one attached hydrogen (secondary N) is 2. The molecule has 1 amide bonds. The van der Waals surface area contributed by atoms with E-state index in [9.17, 15) is 27.9 Å². The predicted octanol–water partition coefficient (Wildman–Crippen LogP) is 3.61. The number of amides is 1. The molecule has 5 atom stereocenters. The van der Waals surface area contributed by atoms with E-state index >= 15 is 0 Å². The highest BCUT2D eigenvalue weighted by atomic mass is 19.4. The first kappa shape index (κ1) is 35.6. The Morgan fingerprint density at radius 2 is 1.69 bits per heavy atom. The summed E-state index contributed by atoms with van der Waals surface area (Å²) in [5.74, 6) is -2.63. The number of aliphatic hydroxyl groups excluding tert-OH is 1. The van der Waals surface area contributed by atoms with E-state index in [4.69, 9.17) is 19.4 Å². The SMILES string of the molecule is CCNC(=O)[C@H]1O[C@@H](n2cnc3c(NCC(c4ccccc4)c4ccccc4)nc(N4CC[C@@H](N5CCCC5)C4)nc32)[C@H](OC(=O)C(F)(F)F)[C@@H]1O.